The van der Waals surface area contributed by atoms with E-state index in [1.165, 1.54) is 170 Å². The number of unbranched alkanes of at least 4 members (excludes halogenated alkanes) is 20. The Bertz CT molecular complexity index is 2080. The molecule has 1 aliphatic rings. The zero-order valence-electron chi connectivity index (χ0n) is 43.3. The predicted octanol–water partition coefficient (Wildman–Crippen LogP) is 17.8. The highest BCUT2D eigenvalue weighted by Crippen LogP contribution is 2.27. The summed E-state index contributed by atoms with van der Waals surface area (Å²) in [6.07, 6.45) is 48.1. The minimum absolute atomic E-state index is 0.819. The van der Waals surface area contributed by atoms with Crippen molar-refractivity contribution in [1.29, 1.82) is 0 Å². The first-order valence-corrected chi connectivity index (χ1v) is 27.9. The third-order valence-electron chi connectivity index (χ3n) is 12.8. The zero-order valence-corrected chi connectivity index (χ0v) is 44.8. The van der Waals surface area contributed by atoms with Crippen LogP contribution in [0.5, 0.6) is 0 Å². The van der Waals surface area contributed by atoms with E-state index in [1.807, 2.05) is 61.2 Å². The van der Waals surface area contributed by atoms with Crippen LogP contribution in [0.4, 0.5) is 29.0 Å². The fourth-order valence-electron chi connectivity index (χ4n) is 8.65. The molecule has 0 saturated carbocycles. The summed E-state index contributed by atoms with van der Waals surface area (Å²) in [5, 5.41) is 5.95. The number of benzene rings is 3. The van der Waals surface area contributed by atoms with E-state index in [1.54, 1.807) is 0 Å². The fourth-order valence-corrected chi connectivity index (χ4v) is 8.85. The van der Waals surface area contributed by atoms with Crippen molar-refractivity contribution in [3.05, 3.63) is 113 Å². The number of hydrogen-bond donors (Lipinski definition) is 2. The van der Waals surface area contributed by atoms with E-state index < -0.39 is 0 Å². The molecule has 69 heavy (non-hydrogen) atoms. The van der Waals surface area contributed by atoms with Gasteiger partial charge in [-0.15, -0.1) is 0 Å². The fraction of sp³-hybridized carbons (Fsp3) is 0.533. The Kier molecular flexibility index (Phi) is 29.7. The Morgan fingerprint density at radius 1 is 0.507 bits per heavy atom. The van der Waals surface area contributed by atoms with Crippen molar-refractivity contribution in [2.45, 2.75) is 182 Å². The summed E-state index contributed by atoms with van der Waals surface area (Å²) >= 11 is 3.43. The highest BCUT2D eigenvalue weighted by atomic mass is 79.9. The Labute approximate surface area is 427 Å². The lowest BCUT2D eigenvalue weighted by Crippen LogP contribution is -2.27. The van der Waals surface area contributed by atoms with E-state index in [-0.39, 0.29) is 0 Å². The summed E-state index contributed by atoms with van der Waals surface area (Å²) in [5.74, 6) is 1.76. The van der Waals surface area contributed by atoms with Crippen LogP contribution in [0.15, 0.2) is 96.0 Å². The van der Waals surface area contributed by atoms with Gasteiger partial charge in [-0.25, -0.2) is 19.9 Å². The number of nitrogens with two attached hydrogens (primary N) is 1. The molecule has 0 atom stereocenters. The van der Waals surface area contributed by atoms with E-state index in [0.717, 1.165) is 65.2 Å². The van der Waals surface area contributed by atoms with Gasteiger partial charge in [0.25, 0.3) is 0 Å². The number of anilines is 5. The van der Waals surface area contributed by atoms with E-state index >= 15 is 0 Å². The van der Waals surface area contributed by atoms with E-state index in [2.05, 4.69) is 117 Å². The summed E-state index contributed by atoms with van der Waals surface area (Å²) in [5.41, 5.74) is 10.8. The van der Waals surface area contributed by atoms with Gasteiger partial charge in [0.1, 0.15) is 17.7 Å². The summed E-state index contributed by atoms with van der Waals surface area (Å²) in [6.45, 7) is 13.4. The van der Waals surface area contributed by atoms with Gasteiger partial charge in [0, 0.05) is 55.7 Å². The Morgan fingerprint density at radius 2 is 0.942 bits per heavy atom. The number of fused-ring (bicyclic) bond motifs is 2. The number of aromatic nitrogens is 4. The molecule has 0 fully saturated rings. The SMILES string of the molecule is CCCCCCCCN(CCCCCCCC)c1ncc(Br)cn1.CCCCCCCCN(CCCCCCCC)c1ncc(Nc2cccc3ccccc23)cn1.Nc1cccc2c1C=[C+]C=C2. The number of rotatable bonds is 32. The van der Waals surface area contributed by atoms with Gasteiger partial charge in [0.05, 0.1) is 39.9 Å². The standard InChI is InChI=1S/C30H44N4.C20H36BrN3.C10H8N/c1-3-5-7-9-11-15-22-34(23-16-12-10-8-6-4-2)30-31-24-27(25-32-30)33-29-21-17-19-26-18-13-14-20-28(26)29;1-3-5-7-9-11-13-15-24(16-14-12-10-8-6-4-2)20-22-17-19(21)18-23-20;11-10-7-3-5-8-4-1-2-6-9(8)10/h13-14,17-21,24-25,33H,3-12,15-16,22-23H2,1-2H3;17-18H,3-16H2,1-2H3;1,3-7H,11H2/q;;+1. The molecule has 6 rings (SSSR count). The number of nitrogen functional groups attached to an aromatic ring is 1. The average molecular weight is 1000 g/mol. The van der Waals surface area contributed by atoms with Crippen LogP contribution >= 0.6 is 15.9 Å². The molecule has 0 amide bonds. The lowest BCUT2D eigenvalue weighted by atomic mass is 10.0. The second kappa shape index (κ2) is 36.1. The van der Waals surface area contributed by atoms with E-state index in [4.69, 9.17) is 15.7 Å². The maximum absolute atomic E-state index is 5.74. The van der Waals surface area contributed by atoms with Crippen LogP contribution in [0.3, 0.4) is 0 Å². The van der Waals surface area contributed by atoms with Crippen molar-refractivity contribution in [3.63, 3.8) is 0 Å². The maximum Gasteiger partial charge on any atom is 0.225 e. The molecule has 1 aliphatic carbocycles. The van der Waals surface area contributed by atoms with Crippen LogP contribution in [0, 0.1) is 6.08 Å². The van der Waals surface area contributed by atoms with Crippen LogP contribution in [0.25, 0.3) is 22.9 Å². The molecule has 374 valence electrons. The summed E-state index contributed by atoms with van der Waals surface area (Å²) in [7, 11) is 0. The van der Waals surface area contributed by atoms with Crippen molar-refractivity contribution in [1.82, 2.24) is 19.9 Å². The lowest BCUT2D eigenvalue weighted by Gasteiger charge is -2.23. The largest absolute Gasteiger partial charge is 0.387 e. The topological polar surface area (TPSA) is 96.1 Å². The van der Waals surface area contributed by atoms with Gasteiger partial charge < -0.3 is 20.9 Å². The molecule has 0 radical (unpaired) electrons. The molecule has 0 saturated heterocycles. The van der Waals surface area contributed by atoms with E-state index in [9.17, 15) is 0 Å². The van der Waals surface area contributed by atoms with Gasteiger partial charge in [-0.3, -0.25) is 0 Å². The van der Waals surface area contributed by atoms with Crippen LogP contribution in [-0.4, -0.2) is 46.1 Å². The van der Waals surface area contributed by atoms with Crippen LogP contribution in [0.1, 0.15) is 193 Å². The summed E-state index contributed by atoms with van der Waals surface area (Å²) < 4.78 is 0.949. The average Bonchev–Trinajstić information content (AvgIpc) is 3.38. The van der Waals surface area contributed by atoms with Crippen molar-refractivity contribution in [2.75, 3.05) is 47.0 Å². The second-order valence-corrected chi connectivity index (χ2v) is 19.6. The van der Waals surface area contributed by atoms with Gasteiger partial charge in [0.2, 0.25) is 11.9 Å². The minimum atomic E-state index is 0.819. The molecule has 3 aromatic carbocycles. The van der Waals surface area contributed by atoms with Gasteiger partial charge >= 0.3 is 0 Å². The first-order chi connectivity index (χ1) is 34.0. The van der Waals surface area contributed by atoms with Crippen LogP contribution in [-0.2, 0) is 0 Å². The molecule has 0 unspecified atom stereocenters. The molecule has 0 bridgehead atoms. The van der Waals surface area contributed by atoms with Crippen molar-refractivity contribution in [2.24, 2.45) is 0 Å². The quantitative estimate of drug-likeness (QED) is 0.0250. The number of nitrogens with one attached hydrogen (secondary N) is 1. The van der Waals surface area contributed by atoms with Crippen LogP contribution in [0.2, 0.25) is 0 Å². The molecule has 9 heteroatoms. The van der Waals surface area contributed by atoms with E-state index in [0.29, 0.717) is 0 Å². The molecule has 2 heterocycles. The first-order valence-electron chi connectivity index (χ1n) is 27.2. The molecule has 3 N–H and O–H groups in total. The lowest BCUT2D eigenvalue weighted by molar-refractivity contribution is 0.570. The molecular formula is C60H88BrN8+. The zero-order chi connectivity index (χ0) is 49.0. The highest BCUT2D eigenvalue weighted by Gasteiger charge is 2.13. The number of nitrogens with zero attached hydrogens (tertiary/aromatic N) is 6. The Morgan fingerprint density at radius 3 is 1.43 bits per heavy atom. The first kappa shape index (κ1) is 56.7. The highest BCUT2D eigenvalue weighted by molar-refractivity contribution is 9.10. The van der Waals surface area contributed by atoms with Gasteiger partial charge in [-0.05, 0) is 65.2 Å². The van der Waals surface area contributed by atoms with Gasteiger partial charge in [0.15, 0.2) is 0 Å². The minimum Gasteiger partial charge on any atom is -0.387 e. The van der Waals surface area contributed by atoms with Crippen molar-refractivity contribution in [3.8, 4) is 0 Å². The molecule has 8 nitrogen and oxygen atoms in total. The Balaban J connectivity index is 0.000000255. The molecular weight excluding hydrogens is 913 g/mol. The predicted molar refractivity (Wildman–Crippen MR) is 305 cm³/mol. The Hall–Kier alpha value is -4.85. The number of halogens is 1. The normalized spacial score (nSPS) is 11.3. The smallest absolute Gasteiger partial charge is 0.225 e. The van der Waals surface area contributed by atoms with Crippen molar-refractivity contribution < 1.29 is 0 Å². The number of allylic oxidation sites excluding steroid dienone is 2. The second-order valence-electron chi connectivity index (χ2n) is 18.7. The maximum atomic E-state index is 5.74. The van der Waals surface area contributed by atoms with Crippen molar-refractivity contribution >= 4 is 67.8 Å². The molecule has 2 aromatic heterocycles. The monoisotopic (exact) mass is 1000 g/mol. The molecule has 0 spiro atoms. The third kappa shape index (κ3) is 23.1. The number of hydrogen-bond acceptors (Lipinski definition) is 8. The van der Waals surface area contributed by atoms with Crippen LogP contribution < -0.4 is 20.9 Å². The third-order valence-corrected chi connectivity index (χ3v) is 13.2. The summed E-state index contributed by atoms with van der Waals surface area (Å²) in [6, 6.07) is 20.7. The van der Waals surface area contributed by atoms with Gasteiger partial charge in [-0.2, -0.15) is 0 Å². The summed E-state index contributed by atoms with van der Waals surface area (Å²) in [4.78, 5) is 23.3. The molecule has 0 aliphatic heterocycles. The van der Waals surface area contributed by atoms with Gasteiger partial charge in [-0.1, -0.05) is 199 Å². The molecule has 5 aromatic rings.